The Hall–Kier alpha value is -9.59. The Balaban J connectivity index is 1.32. The molecule has 0 unspecified atom stereocenters. The Bertz CT molecular complexity index is 2960. The predicted molar refractivity (Wildman–Crippen MR) is 277 cm³/mol. The van der Waals surface area contributed by atoms with Gasteiger partial charge in [0.05, 0.1) is 0 Å². The molecule has 0 radical (unpaired) electrons. The zero-order valence-electron chi connectivity index (χ0n) is 41.2. The fraction of sp³-hybridized carbons (Fsp3) is 0.232. The molecule has 0 aliphatic carbocycles. The molecule has 0 heterocycles. The van der Waals surface area contributed by atoms with Gasteiger partial charge in [-0.15, -0.1) is 0 Å². The Morgan fingerprint density at radius 1 is 0.303 bits per heavy atom. The van der Waals surface area contributed by atoms with Gasteiger partial charge in [-0.25, -0.2) is 0 Å². The van der Waals surface area contributed by atoms with Gasteiger partial charge in [-0.2, -0.15) is 0 Å². The van der Waals surface area contributed by atoms with Crippen molar-refractivity contribution in [3.63, 3.8) is 0 Å². The summed E-state index contributed by atoms with van der Waals surface area (Å²) in [6.07, 6.45) is -0.959. The van der Waals surface area contributed by atoms with Crippen molar-refractivity contribution in [1.29, 1.82) is 0 Å². The maximum Gasteiger partial charge on any atom is 0.243 e. The van der Waals surface area contributed by atoms with Crippen LogP contribution in [0.15, 0.2) is 146 Å². The van der Waals surface area contributed by atoms with Crippen LogP contribution in [0.2, 0.25) is 0 Å². The van der Waals surface area contributed by atoms with E-state index in [9.17, 15) is 64.2 Å². The molecule has 6 aromatic carbocycles. The summed E-state index contributed by atoms with van der Waals surface area (Å²) in [5, 5.41) is 75.8. The average molecular weight is 1040 g/mol. The maximum atomic E-state index is 14.8. The summed E-state index contributed by atoms with van der Waals surface area (Å²) >= 11 is 0. The SMILES string of the molecule is CC(=O)N[C@@H](Cc1ccc(O)cc1)C(=O)N[C@@H](Cc1ccc(O)cc1)C(=O)N[C@@H](Cc1ccc(O)cc1)C(=O)N[C@@H](Cc1ccc(O)cc1)C(=O)N[C@@H](Cc1ccc(O)cc1)C(=O)N[C@@H](Cc1ccc(O)cc1)C(N)=O. The summed E-state index contributed by atoms with van der Waals surface area (Å²) in [5.41, 5.74) is 8.67. The Morgan fingerprint density at radius 2 is 0.461 bits per heavy atom. The number of rotatable bonds is 24. The Kier molecular flexibility index (Phi) is 19.3. The second kappa shape index (κ2) is 26.4. The normalized spacial score (nSPS) is 13.3. The minimum atomic E-state index is -1.51. The summed E-state index contributed by atoms with van der Waals surface area (Å²) in [6.45, 7) is 1.21. The van der Waals surface area contributed by atoms with Gasteiger partial charge in [0.25, 0.3) is 0 Å². The molecule has 20 heteroatoms. The van der Waals surface area contributed by atoms with E-state index in [1.165, 1.54) is 140 Å². The van der Waals surface area contributed by atoms with Gasteiger partial charge in [-0.05, 0) is 106 Å². The molecule has 0 spiro atoms. The summed E-state index contributed by atoms with van der Waals surface area (Å²) in [6, 6.07) is 26.5. The molecule has 0 saturated carbocycles. The van der Waals surface area contributed by atoms with Gasteiger partial charge < -0.3 is 68.3 Å². The molecule has 14 N–H and O–H groups in total. The first-order valence-electron chi connectivity index (χ1n) is 24.0. The minimum absolute atomic E-state index is 0.0238. The number of carbonyl (C=O) groups excluding carboxylic acids is 7. The second-order valence-electron chi connectivity index (χ2n) is 18.2. The molecule has 396 valence electrons. The van der Waals surface area contributed by atoms with Crippen LogP contribution in [0.3, 0.4) is 0 Å². The van der Waals surface area contributed by atoms with Crippen LogP contribution in [-0.2, 0) is 72.1 Å². The highest BCUT2D eigenvalue weighted by molar-refractivity contribution is 5.97. The molecule has 76 heavy (non-hydrogen) atoms. The number of aromatic hydroxyl groups is 6. The van der Waals surface area contributed by atoms with Crippen molar-refractivity contribution >= 4 is 41.4 Å². The number of hydrogen-bond acceptors (Lipinski definition) is 13. The largest absolute Gasteiger partial charge is 0.508 e. The van der Waals surface area contributed by atoms with Gasteiger partial charge >= 0.3 is 0 Å². The fourth-order valence-corrected chi connectivity index (χ4v) is 8.08. The highest BCUT2D eigenvalue weighted by atomic mass is 16.3. The lowest BCUT2D eigenvalue weighted by Gasteiger charge is -2.28. The molecule has 0 aromatic heterocycles. The van der Waals surface area contributed by atoms with Crippen LogP contribution in [0, 0.1) is 0 Å². The van der Waals surface area contributed by atoms with Crippen molar-refractivity contribution in [3.05, 3.63) is 179 Å². The molecular weight excluding hydrogens is 979 g/mol. The third kappa shape index (κ3) is 17.3. The lowest BCUT2D eigenvalue weighted by molar-refractivity contribution is -0.135. The molecule has 6 atom stereocenters. The standard InChI is InChI=1S/C56H59N7O13/c1-32(64)58-46(27-34-4-16-40(66)17-5-34)52(72)60-48(29-36-8-20-42(68)21-9-36)54(74)62-50(31-38-12-24-44(70)25-13-38)56(76)63-49(30-37-10-22-43(69)23-11-37)55(75)61-47(28-35-6-18-41(67)19-7-35)53(73)59-45(51(57)71)26-33-2-14-39(65)15-3-33/h2-25,45-50,65-70H,26-31H2,1H3,(H2,57,71)(H,58,64)(H,59,73)(H,60,72)(H,61,75)(H,62,74)(H,63,76)/t45-,46-,47-,48-,49-,50-/m0/s1. The third-order valence-electron chi connectivity index (χ3n) is 12.1. The number of primary amides is 1. The molecule has 6 rings (SSSR count). The minimum Gasteiger partial charge on any atom is -0.508 e. The van der Waals surface area contributed by atoms with E-state index in [0.717, 1.165) is 0 Å². The number of nitrogens with two attached hydrogens (primary N) is 1. The number of nitrogens with one attached hydrogen (secondary N) is 6. The van der Waals surface area contributed by atoms with E-state index < -0.39 is 77.6 Å². The van der Waals surface area contributed by atoms with Crippen LogP contribution in [-0.4, -0.2) is 108 Å². The predicted octanol–water partition coefficient (Wildman–Crippen LogP) is 2.09. The fourth-order valence-electron chi connectivity index (χ4n) is 8.08. The molecule has 7 amide bonds. The average Bonchev–Trinajstić information content (AvgIpc) is 3.38. The van der Waals surface area contributed by atoms with Crippen LogP contribution in [0.5, 0.6) is 34.5 Å². The molecule has 0 saturated heterocycles. The van der Waals surface area contributed by atoms with Crippen molar-refractivity contribution in [2.75, 3.05) is 0 Å². The first-order valence-corrected chi connectivity index (χ1v) is 24.0. The van der Waals surface area contributed by atoms with E-state index in [-0.39, 0.29) is 73.0 Å². The number of phenolic OH excluding ortho intramolecular Hbond substituents is 6. The monoisotopic (exact) mass is 1040 g/mol. The number of amides is 7. The quantitative estimate of drug-likeness (QED) is 0.0414. The van der Waals surface area contributed by atoms with E-state index in [4.69, 9.17) is 5.73 Å². The molecule has 20 nitrogen and oxygen atoms in total. The van der Waals surface area contributed by atoms with Gasteiger partial charge in [0, 0.05) is 45.4 Å². The maximum absolute atomic E-state index is 14.8. The summed E-state index contributed by atoms with van der Waals surface area (Å²) in [7, 11) is 0. The van der Waals surface area contributed by atoms with E-state index in [1.807, 2.05) is 0 Å². The van der Waals surface area contributed by atoms with Crippen LogP contribution in [0.1, 0.15) is 40.3 Å². The lowest BCUT2D eigenvalue weighted by Crippen LogP contribution is -2.61. The molecule has 6 aromatic rings. The number of phenols is 6. The first kappa shape index (κ1) is 55.7. The molecule has 0 aliphatic heterocycles. The summed E-state index contributed by atoms with van der Waals surface area (Å²) in [4.78, 5) is 97.6. The van der Waals surface area contributed by atoms with Gasteiger partial charge in [0.15, 0.2) is 0 Å². The van der Waals surface area contributed by atoms with E-state index in [2.05, 4.69) is 31.9 Å². The van der Waals surface area contributed by atoms with Crippen LogP contribution in [0.25, 0.3) is 0 Å². The number of benzene rings is 6. The summed E-state index contributed by atoms with van der Waals surface area (Å²) < 4.78 is 0. The van der Waals surface area contributed by atoms with Crippen molar-refractivity contribution in [2.24, 2.45) is 5.73 Å². The van der Waals surface area contributed by atoms with Gasteiger partial charge in [-0.3, -0.25) is 33.6 Å². The number of carbonyl (C=O) groups is 7. The van der Waals surface area contributed by atoms with Crippen LogP contribution in [0.4, 0.5) is 0 Å². The van der Waals surface area contributed by atoms with Crippen molar-refractivity contribution in [2.45, 2.75) is 81.7 Å². The van der Waals surface area contributed by atoms with Gasteiger partial charge in [-0.1, -0.05) is 72.8 Å². The highest BCUT2D eigenvalue weighted by Crippen LogP contribution is 2.19. The van der Waals surface area contributed by atoms with Crippen molar-refractivity contribution < 1.29 is 64.2 Å². The second-order valence-corrected chi connectivity index (χ2v) is 18.2. The van der Waals surface area contributed by atoms with Gasteiger partial charge in [0.1, 0.15) is 70.7 Å². The first-order chi connectivity index (χ1) is 36.3. The Morgan fingerprint density at radius 3 is 0.632 bits per heavy atom. The summed E-state index contributed by atoms with van der Waals surface area (Å²) in [5.74, 6) is -6.16. The van der Waals surface area contributed by atoms with Crippen molar-refractivity contribution in [1.82, 2.24) is 31.9 Å². The number of hydrogen-bond donors (Lipinski definition) is 13. The zero-order chi connectivity index (χ0) is 54.9. The zero-order valence-corrected chi connectivity index (χ0v) is 41.2. The van der Waals surface area contributed by atoms with E-state index in [0.29, 0.717) is 33.4 Å². The topological polar surface area (TPSA) is 339 Å². The van der Waals surface area contributed by atoms with Gasteiger partial charge in [0.2, 0.25) is 41.4 Å². The molecule has 0 aliphatic rings. The van der Waals surface area contributed by atoms with Crippen LogP contribution < -0.4 is 37.6 Å². The molecule has 0 fully saturated rings. The van der Waals surface area contributed by atoms with E-state index >= 15 is 0 Å². The Labute approximate surface area is 437 Å². The highest BCUT2D eigenvalue weighted by Gasteiger charge is 2.34. The molecular formula is C56H59N7O13. The van der Waals surface area contributed by atoms with E-state index in [1.54, 1.807) is 12.1 Å². The lowest BCUT2D eigenvalue weighted by atomic mass is 9.99. The van der Waals surface area contributed by atoms with Crippen LogP contribution >= 0.6 is 0 Å². The smallest absolute Gasteiger partial charge is 0.243 e. The molecule has 0 bridgehead atoms. The third-order valence-corrected chi connectivity index (χ3v) is 12.1. The van der Waals surface area contributed by atoms with Crippen molar-refractivity contribution in [3.8, 4) is 34.5 Å².